The first kappa shape index (κ1) is 22.7. The normalized spacial score (nSPS) is 42.0. The van der Waals surface area contributed by atoms with Crippen molar-refractivity contribution >= 4 is 11.7 Å². The maximum Gasteiger partial charge on any atom is 0.416 e. The average Bonchev–Trinajstić information content (AvgIpc) is 3.48. The third kappa shape index (κ3) is 3.31. The molecule has 3 aliphatic heterocycles. The third-order valence-corrected chi connectivity index (χ3v) is 9.56. The summed E-state index contributed by atoms with van der Waals surface area (Å²) in [5, 5.41) is 0. The van der Waals surface area contributed by atoms with Crippen LogP contribution in [0.3, 0.4) is 0 Å². The number of epoxide rings is 1. The molecule has 34 heavy (non-hydrogen) atoms. The maximum atomic E-state index is 13.1. The number of benzene rings is 1. The fourth-order valence-electron chi connectivity index (χ4n) is 7.79. The van der Waals surface area contributed by atoms with Gasteiger partial charge >= 0.3 is 12.1 Å². The van der Waals surface area contributed by atoms with Crippen LogP contribution in [0.15, 0.2) is 24.3 Å². The Morgan fingerprint density at radius 1 is 1.18 bits per heavy atom. The van der Waals surface area contributed by atoms with Crippen LogP contribution < -0.4 is 4.90 Å². The van der Waals surface area contributed by atoms with E-state index in [2.05, 4.69) is 18.7 Å². The molecular formula is C26H33F3N2O3. The highest BCUT2D eigenvalue weighted by Crippen LogP contribution is 2.70. The molecule has 1 aromatic rings. The molecule has 0 aromatic heterocycles. The number of esters is 1. The molecule has 3 saturated heterocycles. The zero-order valence-electron chi connectivity index (χ0n) is 19.8. The lowest BCUT2D eigenvalue weighted by Gasteiger charge is -2.49. The van der Waals surface area contributed by atoms with Gasteiger partial charge in [0.25, 0.3) is 0 Å². The summed E-state index contributed by atoms with van der Waals surface area (Å²) < 4.78 is 51.8. The Balaban J connectivity index is 1.12. The summed E-state index contributed by atoms with van der Waals surface area (Å²) in [4.78, 5) is 17.2. The van der Waals surface area contributed by atoms with Gasteiger partial charge in [-0.2, -0.15) is 13.2 Å². The standard InChI is InChI=1S/C26H33F3N2O3/c1-16-5-4-8-24(2)14-20-21(22-25(16,24)34-22)19(23(32)33-20)15-30-9-11-31(12-10-30)18-7-3-6-17(13-18)26(27,28)29/h3,6-7,13,16,19-22H,4-5,8-12,14-15H2,1-2H3/t16-,19+,20+,21+,22+,24+,25+/m0/s1. The first-order chi connectivity index (χ1) is 16.1. The van der Waals surface area contributed by atoms with Crippen molar-refractivity contribution in [3.63, 3.8) is 0 Å². The number of hydrogen-bond acceptors (Lipinski definition) is 5. The summed E-state index contributed by atoms with van der Waals surface area (Å²) in [7, 11) is 0. The molecule has 2 saturated carbocycles. The van der Waals surface area contributed by atoms with Crippen LogP contribution in [-0.4, -0.2) is 61.4 Å². The summed E-state index contributed by atoms with van der Waals surface area (Å²) in [5.74, 6) is 0.330. The fraction of sp³-hybridized carbons (Fsp3) is 0.731. The lowest BCUT2D eigenvalue weighted by atomic mass is 9.53. The van der Waals surface area contributed by atoms with E-state index in [0.717, 1.165) is 18.9 Å². The number of alkyl halides is 3. The largest absolute Gasteiger partial charge is 0.462 e. The van der Waals surface area contributed by atoms with Crippen LogP contribution in [0.2, 0.25) is 0 Å². The van der Waals surface area contributed by atoms with Gasteiger partial charge in [0.05, 0.1) is 17.6 Å². The topological polar surface area (TPSA) is 45.3 Å². The van der Waals surface area contributed by atoms with E-state index in [1.165, 1.54) is 25.0 Å². The van der Waals surface area contributed by atoms with Crippen LogP contribution >= 0.6 is 0 Å². The van der Waals surface area contributed by atoms with Gasteiger partial charge in [0, 0.05) is 49.7 Å². The Hall–Kier alpha value is -1.80. The second kappa shape index (κ2) is 7.60. The summed E-state index contributed by atoms with van der Waals surface area (Å²) in [6, 6.07) is 5.53. The molecule has 1 spiro atoms. The molecule has 0 unspecified atom stereocenters. The minimum atomic E-state index is -4.34. The minimum absolute atomic E-state index is 0.0557. The third-order valence-electron chi connectivity index (χ3n) is 9.56. The van der Waals surface area contributed by atoms with Crippen molar-refractivity contribution in [2.45, 2.75) is 63.5 Å². The zero-order chi connectivity index (χ0) is 23.9. The summed E-state index contributed by atoms with van der Waals surface area (Å²) in [6.07, 6.45) is 0.127. The fourth-order valence-corrected chi connectivity index (χ4v) is 7.79. The summed E-state index contributed by atoms with van der Waals surface area (Å²) >= 11 is 0. The number of piperazine rings is 1. The van der Waals surface area contributed by atoms with Gasteiger partial charge in [-0.25, -0.2) is 0 Å². The lowest BCUT2D eigenvalue weighted by molar-refractivity contribution is -0.146. The molecule has 7 atom stereocenters. The Kier molecular flexibility index (Phi) is 5.06. The highest BCUT2D eigenvalue weighted by atomic mass is 19.4. The molecule has 3 heterocycles. The van der Waals surface area contributed by atoms with Crippen molar-refractivity contribution in [1.82, 2.24) is 4.90 Å². The Morgan fingerprint density at radius 3 is 2.68 bits per heavy atom. The molecule has 0 amide bonds. The number of carbonyl (C=O) groups is 1. The van der Waals surface area contributed by atoms with E-state index in [4.69, 9.17) is 9.47 Å². The molecule has 186 valence electrons. The molecule has 6 rings (SSSR count). The number of nitrogens with zero attached hydrogens (tertiary/aromatic N) is 2. The Labute approximate surface area is 198 Å². The molecule has 1 aromatic carbocycles. The first-order valence-corrected chi connectivity index (χ1v) is 12.7. The Bertz CT molecular complexity index is 978. The number of halogens is 3. The molecule has 0 N–H and O–H groups in total. The predicted molar refractivity (Wildman–Crippen MR) is 120 cm³/mol. The van der Waals surface area contributed by atoms with Gasteiger partial charge in [-0.3, -0.25) is 9.69 Å². The molecule has 5 aliphatic rings. The van der Waals surface area contributed by atoms with Crippen LogP contribution in [0.4, 0.5) is 18.9 Å². The van der Waals surface area contributed by atoms with Crippen molar-refractivity contribution in [2.24, 2.45) is 23.2 Å². The zero-order valence-corrected chi connectivity index (χ0v) is 19.8. The van der Waals surface area contributed by atoms with Gasteiger partial charge in [-0.05, 0) is 43.4 Å². The van der Waals surface area contributed by atoms with E-state index in [9.17, 15) is 18.0 Å². The second-order valence-electron chi connectivity index (χ2n) is 11.4. The van der Waals surface area contributed by atoms with E-state index >= 15 is 0 Å². The van der Waals surface area contributed by atoms with Gasteiger partial charge in [0.2, 0.25) is 0 Å². The quantitative estimate of drug-likeness (QED) is 0.478. The number of ether oxygens (including phenoxy) is 2. The van der Waals surface area contributed by atoms with Crippen LogP contribution in [0.5, 0.6) is 0 Å². The van der Waals surface area contributed by atoms with Crippen molar-refractivity contribution in [3.8, 4) is 0 Å². The highest BCUT2D eigenvalue weighted by molar-refractivity contribution is 5.76. The molecule has 2 aliphatic carbocycles. The monoisotopic (exact) mass is 478 g/mol. The second-order valence-corrected chi connectivity index (χ2v) is 11.4. The van der Waals surface area contributed by atoms with Crippen molar-refractivity contribution in [2.75, 3.05) is 37.6 Å². The van der Waals surface area contributed by atoms with Gasteiger partial charge in [0.1, 0.15) is 11.7 Å². The molecule has 0 bridgehead atoms. The minimum Gasteiger partial charge on any atom is -0.462 e. The molecule has 8 heteroatoms. The highest BCUT2D eigenvalue weighted by Gasteiger charge is 2.78. The van der Waals surface area contributed by atoms with Crippen molar-refractivity contribution < 1.29 is 27.4 Å². The van der Waals surface area contributed by atoms with Gasteiger partial charge < -0.3 is 14.4 Å². The number of hydrogen-bond donors (Lipinski definition) is 0. The number of rotatable bonds is 3. The van der Waals surface area contributed by atoms with E-state index in [-0.39, 0.29) is 41.0 Å². The predicted octanol–water partition coefficient (Wildman–Crippen LogP) is 4.35. The number of anilines is 1. The van der Waals surface area contributed by atoms with E-state index < -0.39 is 11.7 Å². The van der Waals surface area contributed by atoms with Gasteiger partial charge in [-0.15, -0.1) is 0 Å². The lowest BCUT2D eigenvalue weighted by Crippen LogP contribution is -2.55. The van der Waals surface area contributed by atoms with Gasteiger partial charge in [0.15, 0.2) is 0 Å². The van der Waals surface area contributed by atoms with E-state index in [1.54, 1.807) is 6.07 Å². The van der Waals surface area contributed by atoms with Crippen LogP contribution in [0.25, 0.3) is 0 Å². The van der Waals surface area contributed by atoms with E-state index in [0.29, 0.717) is 44.3 Å². The SMILES string of the molecule is C[C@H]1CCC[C@]2(C)C[C@H]3OC(=O)[C@H](CN4CCN(c5cccc(C(F)(F)F)c5)CC4)[C@H]3[C@H]3O[C@@]312. The molecular weight excluding hydrogens is 445 g/mol. The summed E-state index contributed by atoms with van der Waals surface area (Å²) in [6.45, 7) is 7.96. The van der Waals surface area contributed by atoms with Crippen LogP contribution in [0.1, 0.15) is 45.1 Å². The van der Waals surface area contributed by atoms with Crippen molar-refractivity contribution in [1.29, 1.82) is 0 Å². The molecule has 5 nitrogen and oxygen atoms in total. The van der Waals surface area contributed by atoms with Gasteiger partial charge in [-0.1, -0.05) is 26.3 Å². The van der Waals surface area contributed by atoms with Crippen molar-refractivity contribution in [3.05, 3.63) is 29.8 Å². The smallest absolute Gasteiger partial charge is 0.416 e. The average molecular weight is 479 g/mol. The molecule has 0 radical (unpaired) electrons. The number of carbonyl (C=O) groups excluding carboxylic acids is 1. The van der Waals surface area contributed by atoms with E-state index in [1.807, 2.05) is 4.90 Å². The number of fused-ring (bicyclic) bond motifs is 2. The Morgan fingerprint density at radius 2 is 1.94 bits per heavy atom. The van der Waals surface area contributed by atoms with Crippen LogP contribution in [-0.2, 0) is 20.4 Å². The maximum absolute atomic E-state index is 13.1. The summed E-state index contributed by atoms with van der Waals surface area (Å²) in [5.41, 5.74) is -0.0314. The first-order valence-electron chi connectivity index (χ1n) is 12.7. The molecule has 5 fully saturated rings. The van der Waals surface area contributed by atoms with Crippen LogP contribution in [0, 0.1) is 23.2 Å².